The second-order valence-corrected chi connectivity index (χ2v) is 6.18. The van der Waals surface area contributed by atoms with E-state index in [0.717, 1.165) is 12.1 Å². The molecule has 1 N–H and O–H groups in total. The molecule has 106 valence electrons. The van der Waals surface area contributed by atoms with Crippen molar-refractivity contribution in [3.05, 3.63) is 45.1 Å². The lowest BCUT2D eigenvalue weighted by molar-refractivity contribution is 0.102. The van der Waals surface area contributed by atoms with Gasteiger partial charge in [0.25, 0.3) is 5.91 Å². The number of hydrogen-bond donors (Lipinski definition) is 1. The van der Waals surface area contributed by atoms with Gasteiger partial charge in [0.1, 0.15) is 5.82 Å². The maximum Gasteiger partial charge on any atom is 0.257 e. The number of benzene rings is 1. The molecule has 3 nitrogen and oxygen atoms in total. The zero-order chi connectivity index (χ0) is 14.7. The van der Waals surface area contributed by atoms with Crippen molar-refractivity contribution in [2.75, 3.05) is 5.32 Å². The third kappa shape index (κ3) is 3.43. The van der Waals surface area contributed by atoms with E-state index in [1.165, 1.54) is 23.5 Å². The van der Waals surface area contributed by atoms with Crippen LogP contribution in [-0.2, 0) is 0 Å². The Bertz CT molecular complexity index is 629. The fourth-order valence-electron chi connectivity index (χ4n) is 1.59. The topological polar surface area (TPSA) is 42.0 Å². The van der Waals surface area contributed by atoms with Crippen LogP contribution in [0.15, 0.2) is 28.1 Å². The maximum absolute atomic E-state index is 13.4. The lowest BCUT2D eigenvalue weighted by atomic mass is 10.1. The van der Waals surface area contributed by atoms with Crippen molar-refractivity contribution < 1.29 is 9.18 Å². The molecule has 0 aliphatic carbocycles. The fourth-order valence-corrected chi connectivity index (χ4v) is 2.66. The highest BCUT2D eigenvalue weighted by atomic mass is 79.9. The van der Waals surface area contributed by atoms with Crippen LogP contribution >= 0.6 is 27.3 Å². The minimum Gasteiger partial charge on any atom is -0.298 e. The quantitative estimate of drug-likeness (QED) is 0.853. The number of nitrogens with zero attached hydrogens (tertiary/aromatic N) is 1. The molecule has 1 unspecified atom stereocenters. The second kappa shape index (κ2) is 6.45. The molecule has 0 bridgehead atoms. The predicted octanol–water partition coefficient (Wildman–Crippen LogP) is 4.81. The van der Waals surface area contributed by atoms with Gasteiger partial charge in [-0.05, 0) is 46.5 Å². The van der Waals surface area contributed by atoms with Gasteiger partial charge < -0.3 is 0 Å². The van der Waals surface area contributed by atoms with E-state index in [4.69, 9.17) is 0 Å². The van der Waals surface area contributed by atoms with Gasteiger partial charge in [0.15, 0.2) is 5.13 Å². The summed E-state index contributed by atoms with van der Waals surface area (Å²) in [5.74, 6) is -0.458. The Morgan fingerprint density at radius 2 is 2.30 bits per heavy atom. The molecule has 1 aromatic heterocycles. The van der Waals surface area contributed by atoms with Gasteiger partial charge in [-0.1, -0.05) is 13.8 Å². The summed E-state index contributed by atoms with van der Waals surface area (Å²) < 4.78 is 13.7. The molecule has 0 radical (unpaired) electrons. The van der Waals surface area contributed by atoms with E-state index in [2.05, 4.69) is 40.1 Å². The zero-order valence-electron chi connectivity index (χ0n) is 11.1. The molecule has 0 aliphatic rings. The number of carbonyl (C=O) groups excluding carboxylic acids is 1. The Morgan fingerprint density at radius 1 is 1.55 bits per heavy atom. The lowest BCUT2D eigenvalue weighted by Crippen LogP contribution is -2.12. The molecule has 6 heteroatoms. The van der Waals surface area contributed by atoms with E-state index in [1.54, 1.807) is 6.07 Å². The summed E-state index contributed by atoms with van der Waals surface area (Å²) in [5.41, 5.74) is 1.24. The van der Waals surface area contributed by atoms with Gasteiger partial charge in [0, 0.05) is 10.9 Å². The van der Waals surface area contributed by atoms with Crippen LogP contribution in [0.4, 0.5) is 9.52 Å². The van der Waals surface area contributed by atoms with E-state index >= 15 is 0 Å². The predicted molar refractivity (Wildman–Crippen MR) is 82.9 cm³/mol. The van der Waals surface area contributed by atoms with E-state index < -0.39 is 5.82 Å². The van der Waals surface area contributed by atoms with Crippen molar-refractivity contribution in [1.29, 1.82) is 0 Å². The molecular weight excluding hydrogens is 343 g/mol. The molecule has 2 aromatic rings. The first-order valence-electron chi connectivity index (χ1n) is 6.23. The summed E-state index contributed by atoms with van der Waals surface area (Å²) in [6.07, 6.45) is 0.995. The van der Waals surface area contributed by atoms with Gasteiger partial charge >= 0.3 is 0 Å². The van der Waals surface area contributed by atoms with Crippen LogP contribution < -0.4 is 5.32 Å². The van der Waals surface area contributed by atoms with Crippen molar-refractivity contribution >= 4 is 38.3 Å². The summed E-state index contributed by atoms with van der Waals surface area (Å²) >= 11 is 4.43. The van der Waals surface area contributed by atoms with Crippen LogP contribution in [0.25, 0.3) is 0 Å². The van der Waals surface area contributed by atoms with Gasteiger partial charge in [-0.15, -0.1) is 11.3 Å². The van der Waals surface area contributed by atoms with Gasteiger partial charge in [-0.3, -0.25) is 10.1 Å². The number of aromatic nitrogens is 1. The highest BCUT2D eigenvalue weighted by Crippen LogP contribution is 2.24. The summed E-state index contributed by atoms with van der Waals surface area (Å²) in [5, 5.41) is 5.16. The highest BCUT2D eigenvalue weighted by molar-refractivity contribution is 9.10. The first-order chi connectivity index (χ1) is 9.51. The SMILES string of the molecule is CCC(C)c1csc(NC(=O)c2ccc(Br)c(F)c2)n1. The van der Waals surface area contributed by atoms with Crippen molar-refractivity contribution in [1.82, 2.24) is 4.98 Å². The van der Waals surface area contributed by atoms with Crippen molar-refractivity contribution in [3.8, 4) is 0 Å². The number of hydrogen-bond acceptors (Lipinski definition) is 3. The van der Waals surface area contributed by atoms with Gasteiger partial charge in [-0.2, -0.15) is 0 Å². The number of nitrogens with one attached hydrogen (secondary N) is 1. The normalized spacial score (nSPS) is 12.2. The average molecular weight is 357 g/mol. The van der Waals surface area contributed by atoms with E-state index in [9.17, 15) is 9.18 Å². The Morgan fingerprint density at radius 3 is 2.95 bits per heavy atom. The molecule has 1 heterocycles. The van der Waals surface area contributed by atoms with Gasteiger partial charge in [0.2, 0.25) is 0 Å². The van der Waals surface area contributed by atoms with Gasteiger partial charge in [0.05, 0.1) is 10.2 Å². The van der Waals surface area contributed by atoms with E-state index in [-0.39, 0.29) is 11.5 Å². The summed E-state index contributed by atoms with van der Waals surface area (Å²) in [7, 11) is 0. The minimum atomic E-state index is -0.461. The van der Waals surface area contributed by atoms with Gasteiger partial charge in [-0.25, -0.2) is 9.37 Å². The zero-order valence-corrected chi connectivity index (χ0v) is 13.5. The molecular formula is C14H14BrFN2OS. The number of rotatable bonds is 4. The number of carbonyl (C=O) groups is 1. The molecule has 1 atom stereocenters. The summed E-state index contributed by atoms with van der Waals surface area (Å²) in [6.45, 7) is 4.18. The molecule has 2 rings (SSSR count). The molecule has 20 heavy (non-hydrogen) atoms. The summed E-state index contributed by atoms with van der Waals surface area (Å²) in [6, 6.07) is 4.27. The van der Waals surface area contributed by atoms with Crippen LogP contribution in [0.2, 0.25) is 0 Å². The number of anilines is 1. The van der Waals surface area contributed by atoms with Crippen LogP contribution in [0.5, 0.6) is 0 Å². The molecule has 0 saturated carbocycles. The Balaban J connectivity index is 2.11. The smallest absolute Gasteiger partial charge is 0.257 e. The fraction of sp³-hybridized carbons (Fsp3) is 0.286. The maximum atomic E-state index is 13.4. The van der Waals surface area contributed by atoms with E-state index in [1.807, 2.05) is 5.38 Å². The summed E-state index contributed by atoms with van der Waals surface area (Å²) in [4.78, 5) is 16.4. The standard InChI is InChI=1S/C14H14BrFN2OS/c1-3-8(2)12-7-20-14(17-12)18-13(19)9-4-5-10(15)11(16)6-9/h4-8H,3H2,1-2H3,(H,17,18,19). The largest absolute Gasteiger partial charge is 0.298 e. The van der Waals surface area contributed by atoms with E-state index in [0.29, 0.717) is 15.5 Å². The van der Waals surface area contributed by atoms with Crippen LogP contribution in [0, 0.1) is 5.82 Å². The van der Waals surface area contributed by atoms with Crippen molar-refractivity contribution in [2.24, 2.45) is 0 Å². The van der Waals surface area contributed by atoms with Crippen LogP contribution in [0.1, 0.15) is 42.2 Å². The van der Waals surface area contributed by atoms with Crippen LogP contribution in [0.3, 0.4) is 0 Å². The Labute approximate surface area is 129 Å². The number of halogens is 2. The Kier molecular flexibility index (Phi) is 4.88. The first-order valence-corrected chi connectivity index (χ1v) is 7.90. The molecule has 1 amide bonds. The molecule has 0 fully saturated rings. The molecule has 0 aliphatic heterocycles. The Hall–Kier alpha value is -1.27. The second-order valence-electron chi connectivity index (χ2n) is 4.47. The molecule has 1 aromatic carbocycles. The minimum absolute atomic E-state index is 0.269. The third-order valence-corrected chi connectivity index (χ3v) is 4.46. The first kappa shape index (κ1) is 15.1. The monoisotopic (exact) mass is 356 g/mol. The van der Waals surface area contributed by atoms with Crippen molar-refractivity contribution in [3.63, 3.8) is 0 Å². The number of thiazole rings is 1. The third-order valence-electron chi connectivity index (χ3n) is 3.04. The molecule has 0 saturated heterocycles. The highest BCUT2D eigenvalue weighted by Gasteiger charge is 2.13. The van der Waals surface area contributed by atoms with Crippen LogP contribution in [-0.4, -0.2) is 10.9 Å². The van der Waals surface area contributed by atoms with Crippen molar-refractivity contribution in [2.45, 2.75) is 26.2 Å². The average Bonchev–Trinajstić information content (AvgIpc) is 2.89. The number of amides is 1. The lowest BCUT2D eigenvalue weighted by Gasteiger charge is -2.04. The molecule has 0 spiro atoms.